The molecule has 11 rings (SSSR count). The lowest BCUT2D eigenvalue weighted by molar-refractivity contribution is 1.06. The quantitative estimate of drug-likeness (QED) is 0.215. The van der Waals surface area contributed by atoms with Crippen molar-refractivity contribution < 1.29 is 0 Å². The van der Waals surface area contributed by atoms with Crippen LogP contribution in [0.5, 0.6) is 0 Å². The minimum absolute atomic E-state index is 0.527. The van der Waals surface area contributed by atoms with Gasteiger partial charge in [-0.1, -0.05) is 163 Å². The highest BCUT2D eigenvalue weighted by atomic mass is 15.1. The fourth-order valence-electron chi connectivity index (χ4n) is 9.28. The lowest BCUT2D eigenvalue weighted by Crippen LogP contribution is -2.55. The molecule has 0 N–H and O–H groups in total. The van der Waals surface area contributed by atoms with Crippen molar-refractivity contribution in [1.82, 2.24) is 34.5 Å². The summed E-state index contributed by atoms with van der Waals surface area (Å²) >= 11 is 0. The molecule has 0 radical (unpaired) electrons. The summed E-state index contributed by atoms with van der Waals surface area (Å²) in [5, 5.41) is 2.32. The lowest BCUT2D eigenvalue weighted by atomic mass is 9.60. The molecule has 0 aliphatic rings. The number of hydrogen-bond acceptors (Lipinski definition) is 6. The minimum Gasteiger partial charge on any atom is -0.308 e. The van der Waals surface area contributed by atoms with Crippen molar-refractivity contribution in [3.63, 3.8) is 0 Å². The van der Waals surface area contributed by atoms with E-state index < -0.39 is 0 Å². The summed E-state index contributed by atoms with van der Waals surface area (Å²) < 4.78 is 2.35. The van der Waals surface area contributed by atoms with Crippen molar-refractivity contribution in [1.29, 1.82) is 0 Å². The zero-order valence-corrected chi connectivity index (χ0v) is 37.5. The Morgan fingerprint density at radius 1 is 0.303 bits per heavy atom. The van der Waals surface area contributed by atoms with Gasteiger partial charge in [0.25, 0.3) is 0 Å². The molecule has 7 nitrogen and oxygen atoms in total. The molecule has 0 saturated heterocycles. The fraction of sp³-hybridized carbons (Fsp3) is 0. The molecule has 12 heteroatoms. The molecule has 8 aromatic carbocycles. The summed E-state index contributed by atoms with van der Waals surface area (Å²) in [6, 6.07) is 62.6. The Kier molecular flexibility index (Phi) is 10.3. The van der Waals surface area contributed by atoms with Crippen LogP contribution in [0, 0.1) is 0 Å². The van der Waals surface area contributed by atoms with Crippen molar-refractivity contribution in [2.75, 3.05) is 0 Å². The van der Waals surface area contributed by atoms with Crippen molar-refractivity contribution in [3.05, 3.63) is 182 Å². The summed E-state index contributed by atoms with van der Waals surface area (Å²) in [5.74, 6) is 3.47. The molecule has 0 bridgehead atoms. The van der Waals surface area contributed by atoms with Gasteiger partial charge in [-0.05, 0) is 41.5 Å². The molecule has 306 valence electrons. The monoisotopic (exact) mass is 841 g/mol. The first-order valence-corrected chi connectivity index (χ1v) is 22.3. The van der Waals surface area contributed by atoms with Crippen LogP contribution in [0.3, 0.4) is 0 Å². The Hall–Kier alpha value is -8.10. The number of aromatic nitrogens is 7. The van der Waals surface area contributed by atoms with Crippen LogP contribution in [0.1, 0.15) is 0 Å². The number of hydrogen-bond donors (Lipinski definition) is 0. The highest BCUT2D eigenvalue weighted by Crippen LogP contribution is 2.41. The van der Waals surface area contributed by atoms with Gasteiger partial charge in [0.1, 0.15) is 39.2 Å². The smallest absolute Gasteiger partial charge is 0.166 e. The van der Waals surface area contributed by atoms with Crippen molar-refractivity contribution >= 4 is 88.4 Å². The molecule has 0 unspecified atom stereocenters. The van der Waals surface area contributed by atoms with Crippen LogP contribution < -0.4 is 27.3 Å². The third kappa shape index (κ3) is 7.11. The lowest BCUT2D eigenvalue weighted by Gasteiger charge is -2.20. The second-order valence-electron chi connectivity index (χ2n) is 16.9. The van der Waals surface area contributed by atoms with Gasteiger partial charge in [0, 0.05) is 44.2 Å². The van der Waals surface area contributed by atoms with Gasteiger partial charge in [-0.25, -0.2) is 29.9 Å². The van der Waals surface area contributed by atoms with E-state index in [1.807, 2.05) is 78.9 Å². The molecular formula is C54H40B5N7. The Morgan fingerprint density at radius 3 is 1.27 bits per heavy atom. The normalized spacial score (nSPS) is 11.3. The molecule has 0 atom stereocenters. The predicted octanol–water partition coefficient (Wildman–Crippen LogP) is 4.11. The fourth-order valence-corrected chi connectivity index (χ4v) is 9.28. The first-order valence-electron chi connectivity index (χ1n) is 22.3. The number of rotatable bonds is 8. The number of para-hydroxylation sites is 1. The Labute approximate surface area is 388 Å². The molecule has 0 amide bonds. The Bertz CT molecular complexity index is 3560. The van der Waals surface area contributed by atoms with E-state index in [-0.39, 0.29) is 0 Å². The molecular weight excluding hydrogens is 801 g/mol. The highest BCUT2D eigenvalue weighted by molar-refractivity contribution is 6.68. The molecule has 3 aromatic heterocycles. The van der Waals surface area contributed by atoms with Crippen LogP contribution in [-0.4, -0.2) is 73.7 Å². The van der Waals surface area contributed by atoms with Gasteiger partial charge in [-0.15, -0.1) is 16.4 Å². The molecule has 0 fully saturated rings. The van der Waals surface area contributed by atoms with Crippen molar-refractivity contribution in [2.24, 2.45) is 0 Å². The van der Waals surface area contributed by atoms with Crippen LogP contribution in [0.15, 0.2) is 182 Å². The third-order valence-corrected chi connectivity index (χ3v) is 13.1. The zero-order valence-electron chi connectivity index (χ0n) is 37.5. The van der Waals surface area contributed by atoms with E-state index in [1.165, 1.54) is 21.8 Å². The first-order chi connectivity index (χ1) is 32.3. The van der Waals surface area contributed by atoms with E-state index in [4.69, 9.17) is 29.9 Å². The van der Waals surface area contributed by atoms with Gasteiger partial charge in [-0.3, -0.25) is 0 Å². The maximum Gasteiger partial charge on any atom is 0.166 e. The summed E-state index contributed by atoms with van der Waals surface area (Å²) in [6.07, 6.45) is 0. The molecule has 0 aliphatic heterocycles. The third-order valence-electron chi connectivity index (χ3n) is 13.1. The zero-order chi connectivity index (χ0) is 44.9. The SMILES string of the molecule is Bc1c(B)c(B)c(-c2nc(-c3ccccc3)nc(-c3ccc(-n4c5ccccc5c5c(-c6ccccc6)cccc54)c(-c4nc(-c5ccccc5)nc(-c5ccccc5)n4)c3)n2)c(B)c1B. The van der Waals surface area contributed by atoms with Gasteiger partial charge in [0.05, 0.1) is 16.7 Å². The Balaban J connectivity index is 1.23. The summed E-state index contributed by atoms with van der Waals surface area (Å²) in [5.41, 5.74) is 16.8. The van der Waals surface area contributed by atoms with E-state index in [1.54, 1.807) is 0 Å². The van der Waals surface area contributed by atoms with E-state index in [9.17, 15) is 0 Å². The summed E-state index contributed by atoms with van der Waals surface area (Å²) in [7, 11) is 10.9. The van der Waals surface area contributed by atoms with Crippen LogP contribution in [-0.2, 0) is 0 Å². The van der Waals surface area contributed by atoms with Crippen molar-refractivity contribution in [2.45, 2.75) is 0 Å². The number of nitrogens with zero attached hydrogens (tertiary/aromatic N) is 7. The largest absolute Gasteiger partial charge is 0.308 e. The Morgan fingerprint density at radius 2 is 0.727 bits per heavy atom. The maximum absolute atomic E-state index is 5.35. The van der Waals surface area contributed by atoms with Crippen molar-refractivity contribution in [3.8, 4) is 85.1 Å². The molecule has 0 saturated carbocycles. The summed E-state index contributed by atoms with van der Waals surface area (Å²) in [6.45, 7) is 0. The second-order valence-corrected chi connectivity index (χ2v) is 16.9. The molecule has 66 heavy (non-hydrogen) atoms. The van der Waals surface area contributed by atoms with Crippen LogP contribution in [0.25, 0.3) is 107 Å². The minimum atomic E-state index is 0.527. The van der Waals surface area contributed by atoms with Gasteiger partial charge in [-0.2, -0.15) is 0 Å². The van der Waals surface area contributed by atoms with Gasteiger partial charge >= 0.3 is 0 Å². The first kappa shape index (κ1) is 40.7. The predicted molar refractivity (Wildman–Crippen MR) is 286 cm³/mol. The second kappa shape index (κ2) is 16.8. The molecule has 0 spiro atoms. The number of benzene rings is 8. The van der Waals surface area contributed by atoms with E-state index in [0.717, 1.165) is 77.5 Å². The topological polar surface area (TPSA) is 82.3 Å². The van der Waals surface area contributed by atoms with E-state index in [2.05, 4.69) is 147 Å². The standard InChI is InChI=1S/C54H40B5N7/c55-44-43(45(56)47(58)48(59)46(44)57)54-64-51(34-22-11-4-12-23-34)61-52(65-54)35-28-29-40(66-39-26-14-13-24-37(39)42-36(25-15-27-41(42)66)31-16-5-1-6-17-31)38(30-35)53-62-49(32-18-7-2-8-19-32)60-50(63-53)33-20-9-3-10-21-33/h1-30H,55-59H2. The average molecular weight is 841 g/mol. The molecule has 0 aliphatic carbocycles. The molecule has 11 aromatic rings. The average Bonchev–Trinajstić information content (AvgIpc) is 3.72. The van der Waals surface area contributed by atoms with Crippen LogP contribution in [0.2, 0.25) is 0 Å². The van der Waals surface area contributed by atoms with Gasteiger partial charge in [0.2, 0.25) is 0 Å². The number of fused-ring (bicyclic) bond motifs is 3. The van der Waals surface area contributed by atoms with E-state index in [0.29, 0.717) is 34.9 Å². The van der Waals surface area contributed by atoms with Gasteiger partial charge < -0.3 is 4.57 Å². The van der Waals surface area contributed by atoms with Crippen LogP contribution in [0.4, 0.5) is 0 Å². The summed E-state index contributed by atoms with van der Waals surface area (Å²) in [4.78, 5) is 31.5. The molecule has 3 heterocycles. The van der Waals surface area contributed by atoms with E-state index >= 15 is 0 Å². The highest BCUT2D eigenvalue weighted by Gasteiger charge is 2.24. The maximum atomic E-state index is 5.35. The van der Waals surface area contributed by atoms with Crippen LogP contribution >= 0.6 is 0 Å². The van der Waals surface area contributed by atoms with Gasteiger partial charge in [0.15, 0.2) is 34.9 Å².